The molecule has 120 valence electrons. The van der Waals surface area contributed by atoms with Gasteiger partial charge in [0.2, 0.25) is 20.0 Å². The van der Waals surface area contributed by atoms with Gasteiger partial charge in [-0.15, -0.1) is 0 Å². The number of hydrogen-bond donors (Lipinski definition) is 1. The fraction of sp³-hybridized carbons (Fsp3) is 0.500. The van der Waals surface area contributed by atoms with Crippen LogP contribution in [0.1, 0.15) is 12.5 Å². The van der Waals surface area contributed by atoms with E-state index in [4.69, 9.17) is 11.6 Å². The van der Waals surface area contributed by atoms with Gasteiger partial charge in [0.05, 0.1) is 12.0 Å². The van der Waals surface area contributed by atoms with Crippen molar-refractivity contribution in [2.75, 3.05) is 25.1 Å². The van der Waals surface area contributed by atoms with Crippen molar-refractivity contribution in [1.82, 2.24) is 9.03 Å². The minimum absolute atomic E-state index is 0.0215. The third-order valence-corrected chi connectivity index (χ3v) is 5.86. The van der Waals surface area contributed by atoms with Gasteiger partial charge in [-0.3, -0.25) is 0 Å². The third-order valence-electron chi connectivity index (χ3n) is 2.84. The van der Waals surface area contributed by atoms with Crippen molar-refractivity contribution in [3.8, 4) is 0 Å². The molecule has 1 aromatic carbocycles. The minimum atomic E-state index is -3.46. The van der Waals surface area contributed by atoms with Crippen LogP contribution in [0.3, 0.4) is 0 Å². The van der Waals surface area contributed by atoms with Gasteiger partial charge < -0.3 is 0 Å². The monoisotopic (exact) mass is 354 g/mol. The summed E-state index contributed by atoms with van der Waals surface area (Å²) in [6.07, 6.45) is 1.08. The summed E-state index contributed by atoms with van der Waals surface area (Å²) in [4.78, 5) is 0. The maximum Gasteiger partial charge on any atom is 0.211 e. The van der Waals surface area contributed by atoms with Crippen molar-refractivity contribution in [2.24, 2.45) is 0 Å². The number of halogens is 1. The SMILES string of the molecule is CCS(=O)(=O)NCCN(Cc1ccccc1Cl)S(C)(=O)=O. The second-order valence-electron chi connectivity index (χ2n) is 4.49. The maximum absolute atomic E-state index is 11.8. The second-order valence-corrected chi connectivity index (χ2v) is 8.97. The minimum Gasteiger partial charge on any atom is -0.214 e. The molecule has 0 spiro atoms. The van der Waals surface area contributed by atoms with Crippen LogP contribution >= 0.6 is 11.6 Å². The molecule has 0 unspecified atom stereocenters. The Morgan fingerprint density at radius 1 is 1.19 bits per heavy atom. The molecule has 1 N–H and O–H groups in total. The third kappa shape index (κ3) is 6.31. The van der Waals surface area contributed by atoms with Gasteiger partial charge in [-0.1, -0.05) is 29.8 Å². The Balaban J connectivity index is 2.77. The maximum atomic E-state index is 11.8. The number of benzene rings is 1. The molecule has 0 saturated carbocycles. The Kier molecular flexibility index (Phi) is 6.61. The first-order chi connectivity index (χ1) is 9.65. The first kappa shape index (κ1) is 18.4. The lowest BCUT2D eigenvalue weighted by Crippen LogP contribution is -2.38. The van der Waals surface area contributed by atoms with Crippen molar-refractivity contribution in [1.29, 1.82) is 0 Å². The van der Waals surface area contributed by atoms with E-state index in [0.717, 1.165) is 6.26 Å². The average molecular weight is 355 g/mol. The molecule has 0 heterocycles. The zero-order chi connectivity index (χ0) is 16.1. The molecule has 21 heavy (non-hydrogen) atoms. The highest BCUT2D eigenvalue weighted by atomic mass is 35.5. The molecular weight excluding hydrogens is 336 g/mol. The molecule has 1 rings (SSSR count). The van der Waals surface area contributed by atoms with Gasteiger partial charge in [0.1, 0.15) is 0 Å². The van der Waals surface area contributed by atoms with Gasteiger partial charge in [-0.05, 0) is 18.6 Å². The van der Waals surface area contributed by atoms with Crippen molar-refractivity contribution < 1.29 is 16.8 Å². The molecule has 0 aliphatic carbocycles. The quantitative estimate of drug-likeness (QED) is 0.756. The number of nitrogens with zero attached hydrogens (tertiary/aromatic N) is 1. The number of sulfonamides is 2. The highest BCUT2D eigenvalue weighted by molar-refractivity contribution is 7.89. The van der Waals surface area contributed by atoms with Crippen LogP contribution in [0.4, 0.5) is 0 Å². The van der Waals surface area contributed by atoms with Crippen LogP contribution in [0.15, 0.2) is 24.3 Å². The molecular formula is C12H19ClN2O4S2. The molecule has 1 aromatic rings. The van der Waals surface area contributed by atoms with E-state index in [1.54, 1.807) is 24.3 Å². The van der Waals surface area contributed by atoms with Gasteiger partial charge in [0.25, 0.3) is 0 Å². The summed E-state index contributed by atoms with van der Waals surface area (Å²) < 4.78 is 49.8. The van der Waals surface area contributed by atoms with Gasteiger partial charge in [0.15, 0.2) is 0 Å². The van der Waals surface area contributed by atoms with Crippen LogP contribution in [-0.4, -0.2) is 46.2 Å². The Morgan fingerprint density at radius 3 is 2.33 bits per heavy atom. The average Bonchev–Trinajstić information content (AvgIpc) is 2.38. The Labute approximate surface area is 131 Å². The van der Waals surface area contributed by atoms with E-state index in [-0.39, 0.29) is 25.4 Å². The van der Waals surface area contributed by atoms with E-state index in [9.17, 15) is 16.8 Å². The number of nitrogens with one attached hydrogen (secondary N) is 1. The van der Waals surface area contributed by atoms with E-state index in [1.807, 2.05) is 0 Å². The lowest BCUT2D eigenvalue weighted by atomic mass is 10.2. The van der Waals surface area contributed by atoms with Gasteiger partial charge in [0, 0.05) is 24.7 Å². The van der Waals surface area contributed by atoms with Gasteiger partial charge in [-0.25, -0.2) is 21.6 Å². The summed E-state index contributed by atoms with van der Waals surface area (Å²) in [5.41, 5.74) is 0.669. The Morgan fingerprint density at radius 2 is 1.81 bits per heavy atom. The summed E-state index contributed by atoms with van der Waals surface area (Å²) in [5, 5.41) is 0.472. The van der Waals surface area contributed by atoms with Gasteiger partial charge >= 0.3 is 0 Å². The predicted molar refractivity (Wildman–Crippen MR) is 84.2 cm³/mol. The standard InChI is InChI=1S/C12H19ClN2O4S2/c1-3-21(18,19)14-8-9-15(20(2,16)17)10-11-6-4-5-7-12(11)13/h4-7,14H,3,8-10H2,1-2H3. The summed E-state index contributed by atoms with van der Waals surface area (Å²) >= 11 is 6.01. The highest BCUT2D eigenvalue weighted by Gasteiger charge is 2.18. The molecule has 0 aromatic heterocycles. The van der Waals surface area contributed by atoms with E-state index in [0.29, 0.717) is 10.6 Å². The van der Waals surface area contributed by atoms with Crippen molar-refractivity contribution in [2.45, 2.75) is 13.5 Å². The molecule has 0 saturated heterocycles. The zero-order valence-corrected chi connectivity index (χ0v) is 14.3. The van der Waals surface area contributed by atoms with E-state index >= 15 is 0 Å². The number of hydrogen-bond acceptors (Lipinski definition) is 4. The Hall–Kier alpha value is -0.670. The lowest BCUT2D eigenvalue weighted by molar-refractivity contribution is 0.412. The Bertz CT molecular complexity index is 674. The van der Waals surface area contributed by atoms with Crippen molar-refractivity contribution in [3.63, 3.8) is 0 Å². The lowest BCUT2D eigenvalue weighted by Gasteiger charge is -2.20. The largest absolute Gasteiger partial charge is 0.214 e. The highest BCUT2D eigenvalue weighted by Crippen LogP contribution is 2.18. The van der Waals surface area contributed by atoms with Crippen LogP contribution in [0, 0.1) is 0 Å². The van der Waals surface area contributed by atoms with E-state index in [1.165, 1.54) is 11.2 Å². The molecule has 9 heteroatoms. The summed E-state index contributed by atoms with van der Waals surface area (Å²) in [6, 6.07) is 6.93. The van der Waals surface area contributed by atoms with Crippen LogP contribution < -0.4 is 4.72 Å². The molecule has 0 aliphatic rings. The smallest absolute Gasteiger partial charge is 0.211 e. The number of rotatable bonds is 8. The van der Waals surface area contributed by atoms with Crippen LogP contribution in [-0.2, 0) is 26.6 Å². The fourth-order valence-electron chi connectivity index (χ4n) is 1.61. The molecule has 6 nitrogen and oxygen atoms in total. The first-order valence-corrected chi connectivity index (χ1v) is 10.2. The first-order valence-electron chi connectivity index (χ1n) is 6.31. The molecule has 0 amide bonds. The fourth-order valence-corrected chi connectivity index (χ4v) is 3.21. The summed E-state index contributed by atoms with van der Waals surface area (Å²) in [7, 11) is -6.80. The normalized spacial score (nSPS) is 12.8. The topological polar surface area (TPSA) is 83.6 Å². The van der Waals surface area contributed by atoms with E-state index in [2.05, 4.69) is 4.72 Å². The molecule has 0 atom stereocenters. The molecule has 0 aliphatic heterocycles. The van der Waals surface area contributed by atoms with Crippen molar-refractivity contribution >= 4 is 31.6 Å². The van der Waals surface area contributed by atoms with Gasteiger partial charge in [-0.2, -0.15) is 4.31 Å². The van der Waals surface area contributed by atoms with Crippen LogP contribution in [0.2, 0.25) is 5.02 Å². The predicted octanol–water partition coefficient (Wildman–Crippen LogP) is 1.04. The second kappa shape index (κ2) is 7.55. The van der Waals surface area contributed by atoms with Crippen LogP contribution in [0.5, 0.6) is 0 Å². The summed E-state index contributed by atoms with van der Waals surface area (Å²) in [6.45, 7) is 1.68. The zero-order valence-electron chi connectivity index (χ0n) is 11.9. The summed E-state index contributed by atoms with van der Waals surface area (Å²) in [5.74, 6) is -0.0452. The van der Waals surface area contributed by atoms with E-state index < -0.39 is 20.0 Å². The van der Waals surface area contributed by atoms with Crippen molar-refractivity contribution in [3.05, 3.63) is 34.9 Å². The molecule has 0 fully saturated rings. The molecule has 0 radical (unpaired) electrons. The molecule has 0 bridgehead atoms. The van der Waals surface area contributed by atoms with Crippen LogP contribution in [0.25, 0.3) is 0 Å².